The van der Waals surface area contributed by atoms with Gasteiger partial charge >= 0.3 is 5.97 Å². The van der Waals surface area contributed by atoms with Crippen molar-refractivity contribution in [3.8, 4) is 11.1 Å². The Bertz CT molecular complexity index is 1550. The molecule has 0 spiro atoms. The van der Waals surface area contributed by atoms with Gasteiger partial charge in [0.15, 0.2) is 0 Å². The number of carbonyl (C=O) groups is 2. The first-order valence-corrected chi connectivity index (χ1v) is 13.4. The fourth-order valence-corrected chi connectivity index (χ4v) is 4.55. The SMILES string of the molecule is CC(C)(C)OC(=O)c1ccc(NC(=O)C(Cc2ccccc2)n2ncc(-c3cc(Cl)ccc3Br)cc2=O)cc1. The van der Waals surface area contributed by atoms with E-state index in [2.05, 4.69) is 26.3 Å². The minimum atomic E-state index is -0.928. The molecule has 1 unspecified atom stereocenters. The zero-order valence-corrected chi connectivity index (χ0v) is 24.0. The molecule has 1 amide bonds. The summed E-state index contributed by atoms with van der Waals surface area (Å²) in [4.78, 5) is 39.1. The molecular formula is C30H27BrClN3O4. The maximum Gasteiger partial charge on any atom is 0.338 e. The highest BCUT2D eigenvalue weighted by atomic mass is 79.9. The lowest BCUT2D eigenvalue weighted by Gasteiger charge is -2.20. The molecule has 0 aliphatic carbocycles. The number of amides is 1. The van der Waals surface area contributed by atoms with Gasteiger partial charge in [-0.1, -0.05) is 57.9 Å². The van der Waals surface area contributed by atoms with Crippen LogP contribution < -0.4 is 10.9 Å². The first kappa shape index (κ1) is 28.3. The van der Waals surface area contributed by atoms with Crippen molar-refractivity contribution in [2.24, 2.45) is 0 Å². The quantitative estimate of drug-likeness (QED) is 0.236. The summed E-state index contributed by atoms with van der Waals surface area (Å²) in [6.07, 6.45) is 1.79. The molecule has 9 heteroatoms. The zero-order chi connectivity index (χ0) is 28.2. The zero-order valence-electron chi connectivity index (χ0n) is 21.7. The summed E-state index contributed by atoms with van der Waals surface area (Å²) < 4.78 is 7.34. The smallest absolute Gasteiger partial charge is 0.338 e. The summed E-state index contributed by atoms with van der Waals surface area (Å²) in [7, 11) is 0. The Balaban J connectivity index is 1.62. The van der Waals surface area contributed by atoms with Crippen LogP contribution in [0.1, 0.15) is 42.7 Å². The molecule has 0 radical (unpaired) electrons. The molecule has 0 saturated heterocycles. The highest BCUT2D eigenvalue weighted by Gasteiger charge is 2.24. The van der Waals surface area contributed by atoms with Crippen molar-refractivity contribution in [3.63, 3.8) is 0 Å². The summed E-state index contributed by atoms with van der Waals surface area (Å²) in [5, 5.41) is 7.75. The number of ether oxygens (including phenoxy) is 1. The number of benzene rings is 3. The van der Waals surface area contributed by atoms with E-state index in [1.807, 2.05) is 30.3 Å². The number of nitrogens with one attached hydrogen (secondary N) is 1. The van der Waals surface area contributed by atoms with Gasteiger partial charge in [-0.3, -0.25) is 9.59 Å². The van der Waals surface area contributed by atoms with E-state index in [-0.39, 0.29) is 6.42 Å². The second-order valence-corrected chi connectivity index (χ2v) is 11.2. The third-order valence-corrected chi connectivity index (χ3v) is 6.65. The summed E-state index contributed by atoms with van der Waals surface area (Å²) in [5.41, 5.74) is 1.94. The molecule has 3 aromatic carbocycles. The maximum atomic E-state index is 13.5. The van der Waals surface area contributed by atoms with Crippen molar-refractivity contribution in [1.82, 2.24) is 9.78 Å². The van der Waals surface area contributed by atoms with Gasteiger partial charge in [0.2, 0.25) is 5.91 Å². The molecule has 0 bridgehead atoms. The normalized spacial score (nSPS) is 12.0. The average Bonchev–Trinajstić information content (AvgIpc) is 2.89. The second-order valence-electron chi connectivity index (χ2n) is 9.93. The third kappa shape index (κ3) is 7.43. The van der Waals surface area contributed by atoms with Crippen molar-refractivity contribution in [2.45, 2.75) is 38.8 Å². The monoisotopic (exact) mass is 607 g/mol. The van der Waals surface area contributed by atoms with Gasteiger partial charge < -0.3 is 10.1 Å². The predicted molar refractivity (Wildman–Crippen MR) is 156 cm³/mol. The molecule has 39 heavy (non-hydrogen) atoms. The fourth-order valence-electron chi connectivity index (χ4n) is 3.90. The Labute approximate surface area is 239 Å². The van der Waals surface area contributed by atoms with Crippen molar-refractivity contribution in [3.05, 3.63) is 116 Å². The highest BCUT2D eigenvalue weighted by molar-refractivity contribution is 9.10. The van der Waals surface area contributed by atoms with Gasteiger partial charge in [-0.15, -0.1) is 0 Å². The van der Waals surface area contributed by atoms with Crippen molar-refractivity contribution >= 4 is 45.1 Å². The first-order chi connectivity index (χ1) is 18.5. The maximum absolute atomic E-state index is 13.5. The summed E-state index contributed by atoms with van der Waals surface area (Å²) >= 11 is 9.63. The van der Waals surface area contributed by atoms with Crippen LogP contribution in [-0.4, -0.2) is 27.3 Å². The Morgan fingerprint density at radius 1 is 1.03 bits per heavy atom. The first-order valence-electron chi connectivity index (χ1n) is 12.2. The Hall–Kier alpha value is -3.75. The molecule has 200 valence electrons. The number of hydrogen-bond acceptors (Lipinski definition) is 5. The number of aromatic nitrogens is 2. The fraction of sp³-hybridized carbons (Fsp3) is 0.200. The van der Waals surface area contributed by atoms with Crippen LogP contribution >= 0.6 is 27.5 Å². The highest BCUT2D eigenvalue weighted by Crippen LogP contribution is 2.30. The number of esters is 1. The summed E-state index contributed by atoms with van der Waals surface area (Å²) in [6, 6.07) is 21.6. The van der Waals surface area contributed by atoms with Gasteiger partial charge in [0.25, 0.3) is 5.56 Å². The topological polar surface area (TPSA) is 90.3 Å². The van der Waals surface area contributed by atoms with Gasteiger partial charge in [0.1, 0.15) is 11.6 Å². The molecule has 1 heterocycles. The van der Waals surface area contributed by atoms with E-state index in [0.717, 1.165) is 10.0 Å². The number of nitrogens with zero attached hydrogens (tertiary/aromatic N) is 2. The van der Waals surface area contributed by atoms with E-state index in [1.54, 1.807) is 69.4 Å². The lowest BCUT2D eigenvalue weighted by atomic mass is 10.0. The molecule has 0 aliphatic heterocycles. The van der Waals surface area contributed by atoms with Crippen molar-refractivity contribution in [1.29, 1.82) is 0 Å². The standard InChI is InChI=1S/C30H27BrClN3O4/c1-30(2,3)39-29(38)20-9-12-23(13-10-20)34-28(37)26(15-19-7-5-4-6-8-19)35-27(36)16-21(18-33-35)24-17-22(32)11-14-25(24)31/h4-14,16-18,26H,15H2,1-3H3,(H,34,37). The van der Waals surface area contributed by atoms with E-state index < -0.39 is 29.1 Å². The Morgan fingerprint density at radius 3 is 2.36 bits per heavy atom. The molecule has 1 N–H and O–H groups in total. The van der Waals surface area contributed by atoms with Crippen LogP contribution in [0.15, 0.2) is 94.3 Å². The molecule has 4 aromatic rings. The summed E-state index contributed by atoms with van der Waals surface area (Å²) in [5.74, 6) is -0.875. The van der Waals surface area contributed by atoms with Gasteiger partial charge in [-0.25, -0.2) is 9.48 Å². The number of rotatable bonds is 7. The van der Waals surface area contributed by atoms with E-state index in [9.17, 15) is 14.4 Å². The largest absolute Gasteiger partial charge is 0.456 e. The van der Waals surface area contributed by atoms with Gasteiger partial charge in [0, 0.05) is 33.2 Å². The third-order valence-electron chi connectivity index (χ3n) is 5.72. The number of anilines is 1. The van der Waals surface area contributed by atoms with Crippen LogP contribution in [0.4, 0.5) is 5.69 Å². The molecule has 1 atom stereocenters. The lowest BCUT2D eigenvalue weighted by molar-refractivity contribution is -0.119. The molecule has 4 rings (SSSR count). The lowest BCUT2D eigenvalue weighted by Crippen LogP contribution is -2.36. The molecule has 0 aliphatic rings. The van der Waals surface area contributed by atoms with E-state index >= 15 is 0 Å². The van der Waals surface area contributed by atoms with Gasteiger partial charge in [0.05, 0.1) is 11.8 Å². The average molecular weight is 609 g/mol. The molecule has 1 aromatic heterocycles. The van der Waals surface area contributed by atoms with Gasteiger partial charge in [-0.05, 0) is 74.4 Å². The predicted octanol–water partition coefficient (Wildman–Crippen LogP) is 6.70. The minimum absolute atomic E-state index is 0.246. The van der Waals surface area contributed by atoms with Crippen LogP contribution in [0.3, 0.4) is 0 Å². The van der Waals surface area contributed by atoms with Gasteiger partial charge in [-0.2, -0.15) is 5.10 Å². The van der Waals surface area contributed by atoms with Crippen molar-refractivity contribution < 1.29 is 14.3 Å². The van der Waals surface area contributed by atoms with E-state index in [0.29, 0.717) is 27.4 Å². The van der Waals surface area contributed by atoms with Crippen LogP contribution in [0.25, 0.3) is 11.1 Å². The van der Waals surface area contributed by atoms with E-state index in [4.69, 9.17) is 16.3 Å². The summed E-state index contributed by atoms with van der Waals surface area (Å²) in [6.45, 7) is 5.38. The Kier molecular flexibility index (Phi) is 8.67. The van der Waals surface area contributed by atoms with Crippen LogP contribution in [0.5, 0.6) is 0 Å². The molecule has 7 nitrogen and oxygen atoms in total. The number of halogens is 2. The molecule has 0 fully saturated rings. The number of carbonyl (C=O) groups excluding carboxylic acids is 2. The van der Waals surface area contributed by atoms with Crippen LogP contribution in [-0.2, 0) is 16.0 Å². The van der Waals surface area contributed by atoms with Crippen LogP contribution in [0, 0.1) is 0 Å². The van der Waals surface area contributed by atoms with E-state index in [1.165, 1.54) is 10.7 Å². The molecule has 0 saturated carbocycles. The second kappa shape index (κ2) is 12.0. The number of hydrogen-bond donors (Lipinski definition) is 1. The Morgan fingerprint density at radius 2 is 1.72 bits per heavy atom. The minimum Gasteiger partial charge on any atom is -0.456 e. The molecular weight excluding hydrogens is 582 g/mol. The van der Waals surface area contributed by atoms with Crippen LogP contribution in [0.2, 0.25) is 5.02 Å². The van der Waals surface area contributed by atoms with Crippen molar-refractivity contribution in [2.75, 3.05) is 5.32 Å².